The molecule has 0 atom stereocenters. The molecule has 0 unspecified atom stereocenters. The molecule has 5 nitrogen and oxygen atoms in total. The number of H-pyrrole nitrogens is 1. The largest absolute Gasteiger partial charge is 0.462 e. The highest BCUT2D eigenvalue weighted by Gasteiger charge is 2.19. The number of amides is 1. The van der Waals surface area contributed by atoms with Gasteiger partial charge >= 0.3 is 5.97 Å². The second-order valence-corrected chi connectivity index (χ2v) is 6.42. The Balaban J connectivity index is 1.99. The van der Waals surface area contributed by atoms with Crippen LogP contribution >= 0.6 is 23.1 Å². The second kappa shape index (κ2) is 7.33. The first-order valence-corrected chi connectivity index (χ1v) is 8.29. The van der Waals surface area contributed by atoms with E-state index < -0.39 is 5.97 Å². The Labute approximate surface area is 131 Å². The summed E-state index contributed by atoms with van der Waals surface area (Å²) in [6.45, 7) is 3.81. The van der Waals surface area contributed by atoms with Gasteiger partial charge in [0.05, 0.1) is 22.3 Å². The molecule has 0 radical (unpaired) electrons. The SMILES string of the molecule is CCOC(=O)c1c(NC(=O)CSc2cccs2)c[nH]c1C. The number of nitrogens with one attached hydrogen (secondary N) is 2. The Morgan fingerprint density at radius 1 is 1.48 bits per heavy atom. The first-order valence-electron chi connectivity index (χ1n) is 6.43. The van der Waals surface area contributed by atoms with E-state index in [0.29, 0.717) is 29.3 Å². The summed E-state index contributed by atoms with van der Waals surface area (Å²) < 4.78 is 6.08. The van der Waals surface area contributed by atoms with E-state index in [1.165, 1.54) is 11.8 Å². The Morgan fingerprint density at radius 2 is 2.29 bits per heavy atom. The van der Waals surface area contributed by atoms with Crippen molar-refractivity contribution in [3.63, 3.8) is 0 Å². The molecule has 0 saturated carbocycles. The Bertz CT molecular complexity index is 620. The normalized spacial score (nSPS) is 10.4. The van der Waals surface area contributed by atoms with Crippen LogP contribution in [0.5, 0.6) is 0 Å². The molecule has 21 heavy (non-hydrogen) atoms. The summed E-state index contributed by atoms with van der Waals surface area (Å²) in [5.41, 5.74) is 1.52. The summed E-state index contributed by atoms with van der Waals surface area (Å²) in [7, 11) is 0. The van der Waals surface area contributed by atoms with Crippen molar-refractivity contribution >= 4 is 40.7 Å². The number of esters is 1. The Kier molecular flexibility index (Phi) is 5.46. The summed E-state index contributed by atoms with van der Waals surface area (Å²) in [5.74, 6) is -0.289. The molecular weight excluding hydrogens is 308 g/mol. The van der Waals surface area contributed by atoms with E-state index in [1.54, 1.807) is 31.4 Å². The average molecular weight is 324 g/mol. The molecule has 2 heterocycles. The summed E-state index contributed by atoms with van der Waals surface area (Å²) in [6.07, 6.45) is 1.61. The molecule has 0 fully saturated rings. The number of aryl methyl sites for hydroxylation is 1. The highest BCUT2D eigenvalue weighted by atomic mass is 32.2. The zero-order valence-electron chi connectivity index (χ0n) is 11.8. The molecule has 2 N–H and O–H groups in total. The standard InChI is InChI=1S/C14H16N2O3S2/c1-3-19-14(18)13-9(2)15-7-10(13)16-11(17)8-21-12-5-4-6-20-12/h4-7,15H,3,8H2,1-2H3,(H,16,17). The van der Waals surface area contributed by atoms with Crippen LogP contribution in [0.15, 0.2) is 27.9 Å². The fourth-order valence-corrected chi connectivity index (χ4v) is 3.34. The maximum Gasteiger partial charge on any atom is 0.342 e. The van der Waals surface area contributed by atoms with Crippen molar-refractivity contribution in [1.29, 1.82) is 0 Å². The molecule has 0 bridgehead atoms. The van der Waals surface area contributed by atoms with E-state index in [4.69, 9.17) is 4.74 Å². The van der Waals surface area contributed by atoms with Crippen LogP contribution in [0.25, 0.3) is 0 Å². The molecule has 112 valence electrons. The van der Waals surface area contributed by atoms with Crippen molar-refractivity contribution in [1.82, 2.24) is 4.98 Å². The quantitative estimate of drug-likeness (QED) is 0.632. The molecule has 2 aromatic heterocycles. The predicted molar refractivity (Wildman–Crippen MR) is 85.2 cm³/mol. The minimum absolute atomic E-state index is 0.155. The van der Waals surface area contributed by atoms with E-state index in [-0.39, 0.29) is 5.91 Å². The van der Waals surface area contributed by atoms with Crippen LogP contribution < -0.4 is 5.32 Å². The molecule has 0 aromatic carbocycles. The second-order valence-electron chi connectivity index (χ2n) is 4.19. The summed E-state index contributed by atoms with van der Waals surface area (Å²) in [6, 6.07) is 3.91. The molecule has 0 aliphatic carbocycles. The first-order chi connectivity index (χ1) is 10.1. The molecule has 0 aliphatic rings. The average Bonchev–Trinajstić information content (AvgIpc) is 3.07. The first kappa shape index (κ1) is 15.7. The number of aromatic nitrogens is 1. The van der Waals surface area contributed by atoms with E-state index in [1.807, 2.05) is 17.5 Å². The van der Waals surface area contributed by atoms with Gasteiger partial charge in [-0.2, -0.15) is 0 Å². The molecule has 0 saturated heterocycles. The number of carbonyl (C=O) groups is 2. The van der Waals surface area contributed by atoms with Crippen LogP contribution in [-0.2, 0) is 9.53 Å². The number of thiophene rings is 1. The van der Waals surface area contributed by atoms with E-state index in [2.05, 4.69) is 10.3 Å². The summed E-state index contributed by atoms with van der Waals surface area (Å²) in [4.78, 5) is 26.8. The van der Waals surface area contributed by atoms with Gasteiger partial charge < -0.3 is 15.0 Å². The van der Waals surface area contributed by atoms with E-state index in [0.717, 1.165) is 4.21 Å². The highest BCUT2D eigenvalue weighted by Crippen LogP contribution is 2.24. The van der Waals surface area contributed by atoms with Crippen LogP contribution in [0.4, 0.5) is 5.69 Å². The topological polar surface area (TPSA) is 71.2 Å². The number of ether oxygens (including phenoxy) is 1. The lowest BCUT2D eigenvalue weighted by Crippen LogP contribution is -2.16. The molecular formula is C14H16N2O3S2. The van der Waals surface area contributed by atoms with Gasteiger partial charge in [0.1, 0.15) is 5.56 Å². The van der Waals surface area contributed by atoms with Gasteiger partial charge in [-0.3, -0.25) is 4.79 Å². The number of carbonyl (C=O) groups excluding carboxylic acids is 2. The third-order valence-corrected chi connectivity index (χ3v) is 4.80. The summed E-state index contributed by atoms with van der Waals surface area (Å²) in [5, 5.41) is 4.71. The van der Waals surface area contributed by atoms with Gasteiger partial charge in [-0.15, -0.1) is 23.1 Å². The third kappa shape index (κ3) is 4.12. The summed E-state index contributed by atoms with van der Waals surface area (Å²) >= 11 is 3.06. The van der Waals surface area contributed by atoms with Gasteiger partial charge in [-0.25, -0.2) is 4.79 Å². The Hall–Kier alpha value is -1.73. The lowest BCUT2D eigenvalue weighted by Gasteiger charge is -2.06. The van der Waals surface area contributed by atoms with E-state index in [9.17, 15) is 9.59 Å². The fourth-order valence-electron chi connectivity index (χ4n) is 1.76. The Morgan fingerprint density at radius 3 is 2.95 bits per heavy atom. The van der Waals surface area contributed by atoms with E-state index >= 15 is 0 Å². The maximum atomic E-state index is 12.0. The third-order valence-electron chi connectivity index (χ3n) is 2.67. The maximum absolute atomic E-state index is 12.0. The van der Waals surface area contributed by atoms with Crippen LogP contribution in [-0.4, -0.2) is 29.2 Å². The van der Waals surface area contributed by atoms with Gasteiger partial charge in [-0.05, 0) is 25.3 Å². The highest BCUT2D eigenvalue weighted by molar-refractivity contribution is 8.01. The number of rotatable bonds is 6. The van der Waals surface area contributed by atoms with Crippen molar-refractivity contribution < 1.29 is 14.3 Å². The van der Waals surface area contributed by atoms with Gasteiger partial charge in [0, 0.05) is 11.9 Å². The van der Waals surface area contributed by atoms with Gasteiger partial charge in [0.15, 0.2) is 0 Å². The lowest BCUT2D eigenvalue weighted by molar-refractivity contribution is -0.113. The molecule has 2 rings (SSSR count). The minimum Gasteiger partial charge on any atom is -0.462 e. The van der Waals surface area contributed by atoms with Gasteiger partial charge in [0.25, 0.3) is 0 Å². The van der Waals surface area contributed by atoms with Crippen molar-refractivity contribution in [3.8, 4) is 0 Å². The van der Waals surface area contributed by atoms with Crippen LogP contribution in [0.1, 0.15) is 23.0 Å². The fraction of sp³-hybridized carbons (Fsp3) is 0.286. The zero-order chi connectivity index (χ0) is 15.2. The number of thioether (sulfide) groups is 1. The van der Waals surface area contributed by atoms with Crippen LogP contribution in [0, 0.1) is 6.92 Å². The van der Waals surface area contributed by atoms with Gasteiger partial charge in [0.2, 0.25) is 5.91 Å². The number of anilines is 1. The molecule has 1 amide bonds. The minimum atomic E-state index is -0.433. The van der Waals surface area contributed by atoms with Crippen molar-refractivity contribution in [3.05, 3.63) is 35.0 Å². The lowest BCUT2D eigenvalue weighted by atomic mass is 10.2. The number of hydrogen-bond acceptors (Lipinski definition) is 5. The zero-order valence-corrected chi connectivity index (χ0v) is 13.4. The van der Waals surface area contributed by atoms with Crippen LogP contribution in [0.3, 0.4) is 0 Å². The molecule has 0 spiro atoms. The monoisotopic (exact) mass is 324 g/mol. The van der Waals surface area contributed by atoms with Gasteiger partial charge in [-0.1, -0.05) is 6.07 Å². The number of hydrogen-bond donors (Lipinski definition) is 2. The molecule has 7 heteroatoms. The van der Waals surface area contributed by atoms with Crippen molar-refractivity contribution in [2.45, 2.75) is 18.1 Å². The molecule has 0 aliphatic heterocycles. The number of aromatic amines is 1. The predicted octanol–water partition coefficient (Wildman–Crippen LogP) is 3.29. The van der Waals surface area contributed by atoms with Crippen molar-refractivity contribution in [2.75, 3.05) is 17.7 Å². The van der Waals surface area contributed by atoms with Crippen molar-refractivity contribution in [2.24, 2.45) is 0 Å². The smallest absolute Gasteiger partial charge is 0.342 e. The van der Waals surface area contributed by atoms with Crippen LogP contribution in [0.2, 0.25) is 0 Å². The molecule has 2 aromatic rings.